The molecule has 0 fully saturated rings. The lowest BCUT2D eigenvalue weighted by Crippen LogP contribution is -2.22. The van der Waals surface area contributed by atoms with Crippen molar-refractivity contribution in [2.75, 3.05) is 0 Å². The standard InChI is InChI=1S/C18H16F3NO4/c19-18(20,21)26-15-8-3-13(4-9-15)11-22-17(25)14-6-1-12(2-7-14)5-10-16(23)24/h1-4,6-9H,5,10-11H2,(H,22,25)(H,23,24). The first-order valence-electron chi connectivity index (χ1n) is 7.66. The van der Waals surface area contributed by atoms with Gasteiger partial charge in [-0.15, -0.1) is 13.2 Å². The molecule has 0 aliphatic carbocycles. The minimum atomic E-state index is -4.74. The van der Waals surface area contributed by atoms with Crippen LogP contribution in [0.15, 0.2) is 48.5 Å². The first-order valence-corrected chi connectivity index (χ1v) is 7.66. The summed E-state index contributed by atoms with van der Waals surface area (Å²) in [4.78, 5) is 22.6. The molecule has 5 nitrogen and oxygen atoms in total. The van der Waals surface area contributed by atoms with Crippen molar-refractivity contribution in [1.82, 2.24) is 5.32 Å². The molecule has 138 valence electrons. The fourth-order valence-corrected chi connectivity index (χ4v) is 2.17. The molecule has 2 N–H and O–H groups in total. The second-order valence-corrected chi connectivity index (χ2v) is 5.47. The van der Waals surface area contributed by atoms with Crippen LogP contribution in [0, 0.1) is 0 Å². The topological polar surface area (TPSA) is 75.6 Å². The summed E-state index contributed by atoms with van der Waals surface area (Å²) < 4.78 is 40.0. The van der Waals surface area contributed by atoms with Gasteiger partial charge in [0.15, 0.2) is 0 Å². The van der Waals surface area contributed by atoms with E-state index in [0.29, 0.717) is 17.5 Å². The first-order chi connectivity index (χ1) is 12.2. The van der Waals surface area contributed by atoms with Gasteiger partial charge in [-0.3, -0.25) is 9.59 Å². The normalized spacial score (nSPS) is 11.0. The number of hydrogen-bond acceptors (Lipinski definition) is 3. The van der Waals surface area contributed by atoms with E-state index >= 15 is 0 Å². The van der Waals surface area contributed by atoms with E-state index in [0.717, 1.165) is 5.56 Å². The average Bonchev–Trinajstić information content (AvgIpc) is 2.58. The molecule has 1 amide bonds. The van der Waals surface area contributed by atoms with Crippen molar-refractivity contribution in [3.05, 3.63) is 65.2 Å². The molecule has 26 heavy (non-hydrogen) atoms. The Morgan fingerprint density at radius 2 is 1.54 bits per heavy atom. The zero-order valence-electron chi connectivity index (χ0n) is 13.5. The molecule has 0 saturated heterocycles. The number of nitrogens with one attached hydrogen (secondary N) is 1. The third kappa shape index (κ3) is 6.46. The van der Waals surface area contributed by atoms with Crippen LogP contribution in [0.1, 0.15) is 27.9 Å². The molecular weight excluding hydrogens is 351 g/mol. The highest BCUT2D eigenvalue weighted by Crippen LogP contribution is 2.22. The maximum atomic E-state index is 12.1. The number of aryl methyl sites for hydroxylation is 1. The maximum Gasteiger partial charge on any atom is 0.573 e. The highest BCUT2D eigenvalue weighted by atomic mass is 19.4. The number of benzene rings is 2. The van der Waals surface area contributed by atoms with Crippen LogP contribution in [0.5, 0.6) is 5.75 Å². The number of halogens is 3. The lowest BCUT2D eigenvalue weighted by atomic mass is 10.1. The molecule has 8 heteroatoms. The summed E-state index contributed by atoms with van der Waals surface area (Å²) in [6.07, 6.45) is -4.35. The van der Waals surface area contributed by atoms with Gasteiger partial charge in [0.1, 0.15) is 5.75 Å². The molecule has 0 aromatic heterocycles. The van der Waals surface area contributed by atoms with Crippen LogP contribution in [-0.4, -0.2) is 23.3 Å². The summed E-state index contributed by atoms with van der Waals surface area (Å²) in [5.41, 5.74) is 1.83. The van der Waals surface area contributed by atoms with Crippen LogP contribution >= 0.6 is 0 Å². The molecule has 0 bridgehead atoms. The fraction of sp³-hybridized carbons (Fsp3) is 0.222. The van der Waals surface area contributed by atoms with Gasteiger partial charge in [0.05, 0.1) is 0 Å². The zero-order valence-corrected chi connectivity index (χ0v) is 13.5. The van der Waals surface area contributed by atoms with E-state index in [-0.39, 0.29) is 24.6 Å². The zero-order chi connectivity index (χ0) is 19.2. The van der Waals surface area contributed by atoms with Gasteiger partial charge in [-0.05, 0) is 41.8 Å². The van der Waals surface area contributed by atoms with Gasteiger partial charge in [0.2, 0.25) is 0 Å². The van der Waals surface area contributed by atoms with Crippen LogP contribution in [-0.2, 0) is 17.8 Å². The molecule has 0 aliphatic rings. The number of rotatable bonds is 7. The van der Waals surface area contributed by atoms with Crippen LogP contribution in [0.2, 0.25) is 0 Å². The van der Waals surface area contributed by atoms with Crippen molar-refractivity contribution in [1.29, 1.82) is 0 Å². The molecular formula is C18H16F3NO4. The van der Waals surface area contributed by atoms with Crippen molar-refractivity contribution < 1.29 is 32.6 Å². The number of aliphatic carboxylic acids is 1. The summed E-state index contributed by atoms with van der Waals surface area (Å²) >= 11 is 0. The van der Waals surface area contributed by atoms with Crippen molar-refractivity contribution >= 4 is 11.9 Å². The SMILES string of the molecule is O=C(O)CCc1ccc(C(=O)NCc2ccc(OC(F)(F)F)cc2)cc1. The summed E-state index contributed by atoms with van der Waals surface area (Å²) in [5, 5.41) is 11.3. The second kappa shape index (κ2) is 8.37. The van der Waals surface area contributed by atoms with Gasteiger partial charge in [-0.1, -0.05) is 24.3 Å². The predicted molar refractivity (Wildman–Crippen MR) is 86.7 cm³/mol. The van der Waals surface area contributed by atoms with Crippen molar-refractivity contribution in [3.63, 3.8) is 0 Å². The van der Waals surface area contributed by atoms with E-state index in [1.807, 2.05) is 0 Å². The van der Waals surface area contributed by atoms with Gasteiger partial charge in [-0.25, -0.2) is 0 Å². The largest absolute Gasteiger partial charge is 0.573 e. The summed E-state index contributed by atoms with van der Waals surface area (Å²) in [7, 11) is 0. The number of alkyl halides is 3. The number of hydrogen-bond donors (Lipinski definition) is 2. The number of carboxylic acid groups (broad SMARTS) is 1. The third-order valence-electron chi connectivity index (χ3n) is 3.45. The first kappa shape index (κ1) is 19.3. The van der Waals surface area contributed by atoms with E-state index < -0.39 is 12.3 Å². The molecule has 0 saturated carbocycles. The number of amides is 1. The Labute approximate surface area is 147 Å². The quantitative estimate of drug-likeness (QED) is 0.785. The number of ether oxygens (including phenoxy) is 1. The molecule has 0 spiro atoms. The highest BCUT2D eigenvalue weighted by molar-refractivity contribution is 5.94. The molecule has 2 rings (SSSR count). The Bertz CT molecular complexity index is 756. The van der Waals surface area contributed by atoms with Crippen molar-refractivity contribution in [2.45, 2.75) is 25.7 Å². The van der Waals surface area contributed by atoms with Crippen LogP contribution in [0.3, 0.4) is 0 Å². The van der Waals surface area contributed by atoms with Crippen LogP contribution < -0.4 is 10.1 Å². The molecule has 0 heterocycles. The smallest absolute Gasteiger partial charge is 0.481 e. The van der Waals surface area contributed by atoms with E-state index in [1.165, 1.54) is 24.3 Å². The monoisotopic (exact) mass is 367 g/mol. The second-order valence-electron chi connectivity index (χ2n) is 5.47. The Kier molecular flexibility index (Phi) is 6.21. The molecule has 0 atom stereocenters. The summed E-state index contributed by atoms with van der Waals surface area (Å²) in [6, 6.07) is 11.7. The predicted octanol–water partition coefficient (Wildman–Crippen LogP) is 3.53. The van der Waals surface area contributed by atoms with Gasteiger partial charge >= 0.3 is 12.3 Å². The van der Waals surface area contributed by atoms with Crippen molar-refractivity contribution in [3.8, 4) is 5.75 Å². The molecule has 2 aromatic rings. The van der Waals surface area contributed by atoms with E-state index in [4.69, 9.17) is 5.11 Å². The van der Waals surface area contributed by atoms with Crippen LogP contribution in [0.4, 0.5) is 13.2 Å². The summed E-state index contributed by atoms with van der Waals surface area (Å²) in [5.74, 6) is -1.56. The van der Waals surface area contributed by atoms with Crippen molar-refractivity contribution in [2.24, 2.45) is 0 Å². The van der Waals surface area contributed by atoms with Crippen LogP contribution in [0.25, 0.3) is 0 Å². The lowest BCUT2D eigenvalue weighted by molar-refractivity contribution is -0.274. The van der Waals surface area contributed by atoms with Gasteiger partial charge in [0.25, 0.3) is 5.91 Å². The number of carboxylic acids is 1. The fourth-order valence-electron chi connectivity index (χ4n) is 2.17. The third-order valence-corrected chi connectivity index (χ3v) is 3.45. The maximum absolute atomic E-state index is 12.1. The van der Waals surface area contributed by atoms with E-state index in [2.05, 4.69) is 10.1 Å². The Morgan fingerprint density at radius 1 is 0.962 bits per heavy atom. The molecule has 2 aromatic carbocycles. The Hall–Kier alpha value is -3.03. The van der Waals surface area contributed by atoms with Gasteiger partial charge in [-0.2, -0.15) is 0 Å². The Balaban J connectivity index is 1.87. The molecule has 0 aliphatic heterocycles. The molecule has 0 radical (unpaired) electrons. The average molecular weight is 367 g/mol. The molecule has 0 unspecified atom stereocenters. The highest BCUT2D eigenvalue weighted by Gasteiger charge is 2.30. The summed E-state index contributed by atoms with van der Waals surface area (Å²) in [6.45, 7) is 0.145. The van der Waals surface area contributed by atoms with Gasteiger partial charge < -0.3 is 15.2 Å². The minimum absolute atomic E-state index is 0.0135. The van der Waals surface area contributed by atoms with Gasteiger partial charge in [0, 0.05) is 18.5 Å². The Morgan fingerprint density at radius 3 is 2.08 bits per heavy atom. The number of carbonyl (C=O) groups is 2. The minimum Gasteiger partial charge on any atom is -0.481 e. The van der Waals surface area contributed by atoms with E-state index in [1.54, 1.807) is 24.3 Å². The number of carbonyl (C=O) groups excluding carboxylic acids is 1. The lowest BCUT2D eigenvalue weighted by Gasteiger charge is -2.10. The van der Waals surface area contributed by atoms with E-state index in [9.17, 15) is 22.8 Å².